The van der Waals surface area contributed by atoms with Crippen molar-refractivity contribution in [2.75, 3.05) is 0 Å². The first-order valence-electron chi connectivity index (χ1n) is 7.00. The molecule has 1 aromatic carbocycles. The van der Waals surface area contributed by atoms with Crippen LogP contribution in [0.1, 0.15) is 18.2 Å². The second kappa shape index (κ2) is 6.78. The number of carbonyl (C=O) groups excluding carboxylic acids is 1. The van der Waals surface area contributed by atoms with Crippen molar-refractivity contribution in [1.29, 1.82) is 0 Å². The first-order valence-corrected chi connectivity index (χ1v) is 7.88. The van der Waals surface area contributed by atoms with Crippen LogP contribution < -0.4 is 0 Å². The lowest BCUT2D eigenvalue weighted by atomic mass is 10.2. The van der Waals surface area contributed by atoms with Gasteiger partial charge in [0, 0.05) is 0 Å². The fourth-order valence-corrected chi connectivity index (χ4v) is 3.00. The van der Waals surface area contributed by atoms with E-state index in [4.69, 9.17) is 4.42 Å². The molecule has 1 amide bonds. The van der Waals surface area contributed by atoms with Crippen molar-refractivity contribution >= 4 is 29.1 Å². The lowest BCUT2D eigenvalue weighted by Crippen LogP contribution is -2.30. The molecular weight excluding hydrogens is 317 g/mol. The topological polar surface area (TPSA) is 58.2 Å². The van der Waals surface area contributed by atoms with Gasteiger partial charge in [-0.1, -0.05) is 23.9 Å². The van der Waals surface area contributed by atoms with Crippen molar-refractivity contribution in [3.05, 3.63) is 59.8 Å². The Balaban J connectivity index is 1.77. The first kappa shape index (κ1) is 15.5. The molecule has 23 heavy (non-hydrogen) atoms. The minimum Gasteiger partial charge on any atom is -0.463 e. The number of hydrogen-bond donors (Lipinski definition) is 0. The molecule has 0 saturated carbocycles. The van der Waals surface area contributed by atoms with Crippen LogP contribution in [-0.4, -0.2) is 27.4 Å². The van der Waals surface area contributed by atoms with E-state index in [0.717, 1.165) is 5.56 Å². The number of benzene rings is 1. The van der Waals surface area contributed by atoms with E-state index < -0.39 is 0 Å². The third-order valence-electron chi connectivity index (χ3n) is 3.25. The van der Waals surface area contributed by atoms with Crippen LogP contribution in [0.15, 0.2) is 57.3 Å². The smallest absolute Gasteiger partial charge is 0.242 e. The molecule has 0 bridgehead atoms. The van der Waals surface area contributed by atoms with Gasteiger partial charge in [-0.25, -0.2) is 4.39 Å². The molecule has 1 aliphatic heterocycles. The zero-order valence-electron chi connectivity index (χ0n) is 12.3. The number of thioether (sulfide) groups is 1. The van der Waals surface area contributed by atoms with Gasteiger partial charge in [-0.2, -0.15) is 5.10 Å². The SMILES string of the molecule is C[C@H]1S/C(=N/N=C\c2ccco2)N(Cc2ccc(F)cc2)C1=O. The summed E-state index contributed by atoms with van der Waals surface area (Å²) in [5.74, 6) is 0.245. The lowest BCUT2D eigenvalue weighted by molar-refractivity contribution is -0.126. The van der Waals surface area contributed by atoms with Gasteiger partial charge in [0.05, 0.1) is 24.3 Å². The molecule has 1 fully saturated rings. The molecule has 2 aromatic rings. The maximum absolute atomic E-state index is 13.0. The van der Waals surface area contributed by atoms with Gasteiger partial charge in [0.25, 0.3) is 0 Å². The Kier molecular flexibility index (Phi) is 4.57. The molecule has 0 radical (unpaired) electrons. The van der Waals surface area contributed by atoms with Crippen molar-refractivity contribution in [3.63, 3.8) is 0 Å². The van der Waals surface area contributed by atoms with Crippen molar-refractivity contribution in [3.8, 4) is 0 Å². The zero-order valence-corrected chi connectivity index (χ0v) is 13.2. The standard InChI is InChI=1S/C16H14FN3O2S/c1-11-15(21)20(10-12-4-6-13(17)7-5-12)16(23-11)19-18-9-14-3-2-8-22-14/h2-9,11H,10H2,1H3/b18-9-,19-16+/t11-/m1/s1. The minimum atomic E-state index is -0.304. The van der Waals surface area contributed by atoms with Crippen LogP contribution in [0.4, 0.5) is 4.39 Å². The van der Waals surface area contributed by atoms with Gasteiger partial charge in [0.15, 0.2) is 5.17 Å². The fraction of sp³-hybridized carbons (Fsp3) is 0.188. The van der Waals surface area contributed by atoms with Crippen molar-refractivity contribution < 1.29 is 13.6 Å². The average molecular weight is 331 g/mol. The Morgan fingerprint density at radius 3 is 2.83 bits per heavy atom. The quantitative estimate of drug-likeness (QED) is 0.638. The first-order chi connectivity index (χ1) is 11.1. The second-order valence-corrected chi connectivity index (χ2v) is 6.26. The molecule has 0 aliphatic carbocycles. The van der Waals surface area contributed by atoms with Gasteiger partial charge in [-0.15, -0.1) is 5.10 Å². The molecule has 1 aromatic heterocycles. The number of nitrogens with zero attached hydrogens (tertiary/aromatic N) is 3. The van der Waals surface area contributed by atoms with Crippen LogP contribution in [0.5, 0.6) is 0 Å². The molecule has 118 valence electrons. The maximum Gasteiger partial charge on any atom is 0.242 e. The maximum atomic E-state index is 13.0. The largest absolute Gasteiger partial charge is 0.463 e. The highest BCUT2D eigenvalue weighted by molar-refractivity contribution is 8.15. The number of carbonyl (C=O) groups is 1. The van der Waals surface area contributed by atoms with Gasteiger partial charge in [0.2, 0.25) is 5.91 Å². The molecule has 0 unspecified atom stereocenters. The monoisotopic (exact) mass is 331 g/mol. The van der Waals surface area contributed by atoms with Crippen molar-refractivity contribution in [1.82, 2.24) is 4.90 Å². The molecule has 1 aliphatic rings. The van der Waals surface area contributed by atoms with E-state index in [9.17, 15) is 9.18 Å². The normalized spacial score (nSPS) is 20.1. The van der Waals surface area contributed by atoms with Crippen LogP contribution in [0.25, 0.3) is 0 Å². The molecule has 3 rings (SSSR count). The van der Waals surface area contributed by atoms with Crippen molar-refractivity contribution in [2.45, 2.75) is 18.7 Å². The molecule has 0 spiro atoms. The Bertz CT molecular complexity index is 741. The zero-order chi connectivity index (χ0) is 16.2. The lowest BCUT2D eigenvalue weighted by Gasteiger charge is -2.15. The molecule has 7 heteroatoms. The highest BCUT2D eigenvalue weighted by Crippen LogP contribution is 2.28. The van der Waals surface area contributed by atoms with E-state index in [-0.39, 0.29) is 17.0 Å². The van der Waals surface area contributed by atoms with Crippen LogP contribution in [0.2, 0.25) is 0 Å². The average Bonchev–Trinajstić information content (AvgIpc) is 3.14. The van der Waals surface area contributed by atoms with E-state index in [1.807, 2.05) is 6.92 Å². The Morgan fingerprint density at radius 2 is 2.13 bits per heavy atom. The van der Waals surface area contributed by atoms with Crippen LogP contribution >= 0.6 is 11.8 Å². The number of furan rings is 1. The highest BCUT2D eigenvalue weighted by atomic mass is 32.2. The van der Waals surface area contributed by atoms with Crippen LogP contribution in [-0.2, 0) is 11.3 Å². The molecule has 1 saturated heterocycles. The predicted octanol–water partition coefficient (Wildman–Crippen LogP) is 3.27. The minimum absolute atomic E-state index is 0.0359. The summed E-state index contributed by atoms with van der Waals surface area (Å²) in [5.41, 5.74) is 0.831. The Hall–Kier alpha value is -2.41. The number of halogens is 1. The number of hydrogen-bond acceptors (Lipinski definition) is 5. The summed E-state index contributed by atoms with van der Waals surface area (Å²) < 4.78 is 18.1. The van der Waals surface area contributed by atoms with E-state index in [1.165, 1.54) is 30.1 Å². The van der Waals surface area contributed by atoms with E-state index in [0.29, 0.717) is 17.5 Å². The summed E-state index contributed by atoms with van der Waals surface area (Å²) in [5, 5.41) is 8.39. The summed E-state index contributed by atoms with van der Waals surface area (Å²) >= 11 is 1.35. The molecule has 5 nitrogen and oxygen atoms in total. The van der Waals surface area contributed by atoms with Crippen LogP contribution in [0.3, 0.4) is 0 Å². The van der Waals surface area contributed by atoms with Gasteiger partial charge in [0.1, 0.15) is 11.6 Å². The number of amides is 1. The molecular formula is C16H14FN3O2S. The van der Waals surface area contributed by atoms with Crippen molar-refractivity contribution in [2.24, 2.45) is 10.2 Å². The third-order valence-corrected chi connectivity index (χ3v) is 4.32. The number of rotatable bonds is 4. The number of amidine groups is 1. The summed E-state index contributed by atoms with van der Waals surface area (Å²) in [6.45, 7) is 2.16. The van der Waals surface area contributed by atoms with Gasteiger partial charge in [-0.05, 0) is 36.8 Å². The van der Waals surface area contributed by atoms with Gasteiger partial charge in [-0.3, -0.25) is 9.69 Å². The van der Waals surface area contributed by atoms with E-state index in [2.05, 4.69) is 10.2 Å². The molecule has 1 atom stereocenters. The summed E-state index contributed by atoms with van der Waals surface area (Å²) in [6, 6.07) is 9.57. The molecule has 0 N–H and O–H groups in total. The van der Waals surface area contributed by atoms with E-state index in [1.54, 1.807) is 35.4 Å². The summed E-state index contributed by atoms with van der Waals surface area (Å²) in [7, 11) is 0. The Morgan fingerprint density at radius 1 is 1.35 bits per heavy atom. The predicted molar refractivity (Wildman–Crippen MR) is 87.7 cm³/mol. The second-order valence-electron chi connectivity index (χ2n) is 4.95. The highest BCUT2D eigenvalue weighted by Gasteiger charge is 2.35. The fourth-order valence-electron chi connectivity index (χ4n) is 2.08. The van der Waals surface area contributed by atoms with Gasteiger partial charge < -0.3 is 4.42 Å². The Labute approximate surface area is 136 Å². The van der Waals surface area contributed by atoms with E-state index >= 15 is 0 Å². The van der Waals surface area contributed by atoms with Gasteiger partial charge >= 0.3 is 0 Å². The van der Waals surface area contributed by atoms with Crippen LogP contribution in [0, 0.1) is 5.82 Å². The summed E-state index contributed by atoms with van der Waals surface area (Å²) in [6.07, 6.45) is 3.03. The molecule has 2 heterocycles. The third kappa shape index (κ3) is 3.68. The summed E-state index contributed by atoms with van der Waals surface area (Å²) in [4.78, 5) is 13.8.